The van der Waals surface area contributed by atoms with Crippen LogP contribution in [0.5, 0.6) is 0 Å². The number of nitrogens with zero attached hydrogens (tertiary/aromatic N) is 3. The third-order valence-electron chi connectivity index (χ3n) is 6.65. The highest BCUT2D eigenvalue weighted by Crippen LogP contribution is 2.27. The number of aryl methyl sites for hydroxylation is 1. The van der Waals surface area contributed by atoms with Crippen LogP contribution in [0.15, 0.2) is 91.4 Å². The van der Waals surface area contributed by atoms with E-state index in [0.29, 0.717) is 34.8 Å². The average Bonchev–Trinajstić information content (AvgIpc) is 3.42. The minimum atomic E-state index is -0.816. The average molecular weight is 534 g/mol. The number of aliphatic carboxylic acids is 1. The van der Waals surface area contributed by atoms with Gasteiger partial charge in [-0.25, -0.2) is 9.97 Å². The smallest absolute Gasteiger partial charge is 0.303 e. The van der Waals surface area contributed by atoms with E-state index in [9.17, 15) is 9.59 Å². The van der Waals surface area contributed by atoms with Crippen LogP contribution in [-0.4, -0.2) is 31.4 Å². The number of anilines is 3. The lowest BCUT2D eigenvalue weighted by Crippen LogP contribution is -2.14. The first-order chi connectivity index (χ1) is 19.2. The minimum Gasteiger partial charge on any atom is -0.481 e. The van der Waals surface area contributed by atoms with Gasteiger partial charge in [-0.15, -0.1) is 0 Å². The number of aromatic nitrogens is 3. The Kier molecular flexibility index (Phi) is 7.33. The van der Waals surface area contributed by atoms with Gasteiger partial charge in [-0.3, -0.25) is 9.59 Å². The maximum absolute atomic E-state index is 12.9. The number of carbonyl (C=O) groups excluding carboxylic acids is 1. The Morgan fingerprint density at radius 3 is 2.40 bits per heavy atom. The standard InChI is InChI=1S/C32H31N5O3/c1-32(2,3)24-12-10-22(11-13-24)31(40)35-26-6-4-5-23(19-26)27-20-37-18-17-33-30(37)29(36-27)34-25-14-7-21(8-15-25)9-16-28(38)39/h4-8,10-15,17-20H,9,16H2,1-3H3,(H,34,36)(H,35,40)(H,38,39). The fraction of sp³-hybridized carbons (Fsp3) is 0.188. The highest BCUT2D eigenvalue weighted by Gasteiger charge is 2.15. The molecule has 3 aromatic carbocycles. The number of carbonyl (C=O) groups is 2. The topological polar surface area (TPSA) is 109 Å². The normalized spacial score (nSPS) is 11.4. The molecule has 0 saturated heterocycles. The zero-order valence-corrected chi connectivity index (χ0v) is 22.7. The van der Waals surface area contributed by atoms with Gasteiger partial charge in [-0.1, -0.05) is 57.2 Å². The number of fused-ring (bicyclic) bond motifs is 1. The maximum atomic E-state index is 12.9. The number of amides is 1. The fourth-order valence-corrected chi connectivity index (χ4v) is 4.38. The van der Waals surface area contributed by atoms with Crippen molar-refractivity contribution in [2.75, 3.05) is 10.6 Å². The molecular formula is C32H31N5O3. The molecule has 40 heavy (non-hydrogen) atoms. The van der Waals surface area contributed by atoms with Gasteiger partial charge in [0.2, 0.25) is 0 Å². The molecule has 0 aliphatic rings. The second-order valence-corrected chi connectivity index (χ2v) is 10.7. The Balaban J connectivity index is 1.37. The summed E-state index contributed by atoms with van der Waals surface area (Å²) in [6.45, 7) is 6.43. The van der Waals surface area contributed by atoms with Gasteiger partial charge in [0.1, 0.15) is 0 Å². The molecule has 0 spiro atoms. The van der Waals surface area contributed by atoms with E-state index < -0.39 is 5.97 Å². The summed E-state index contributed by atoms with van der Waals surface area (Å²) in [6, 6.07) is 22.9. The van der Waals surface area contributed by atoms with Crippen molar-refractivity contribution in [1.29, 1.82) is 0 Å². The van der Waals surface area contributed by atoms with Crippen LogP contribution in [0.25, 0.3) is 16.9 Å². The van der Waals surface area contributed by atoms with Crippen molar-refractivity contribution >= 4 is 34.7 Å². The van der Waals surface area contributed by atoms with Crippen molar-refractivity contribution in [2.24, 2.45) is 0 Å². The Hall–Kier alpha value is -4.98. The predicted molar refractivity (Wildman–Crippen MR) is 157 cm³/mol. The molecule has 0 atom stereocenters. The molecule has 0 aliphatic heterocycles. The van der Waals surface area contributed by atoms with Gasteiger partial charge in [-0.2, -0.15) is 0 Å². The van der Waals surface area contributed by atoms with E-state index in [0.717, 1.165) is 16.8 Å². The molecule has 202 valence electrons. The first-order valence-corrected chi connectivity index (χ1v) is 13.1. The third kappa shape index (κ3) is 6.18. The number of benzene rings is 3. The molecule has 0 radical (unpaired) electrons. The molecule has 0 fully saturated rings. The van der Waals surface area contributed by atoms with Gasteiger partial charge < -0.3 is 20.1 Å². The number of imidazole rings is 1. The number of nitrogens with one attached hydrogen (secondary N) is 2. The maximum Gasteiger partial charge on any atom is 0.303 e. The van der Waals surface area contributed by atoms with E-state index in [4.69, 9.17) is 10.1 Å². The molecule has 0 aliphatic carbocycles. The zero-order valence-electron chi connectivity index (χ0n) is 22.7. The summed E-state index contributed by atoms with van der Waals surface area (Å²) in [7, 11) is 0. The van der Waals surface area contributed by atoms with Crippen LogP contribution in [0.2, 0.25) is 0 Å². The van der Waals surface area contributed by atoms with Gasteiger partial charge in [-0.05, 0) is 59.4 Å². The van der Waals surface area contributed by atoms with E-state index in [1.165, 1.54) is 5.56 Å². The van der Waals surface area contributed by atoms with Gasteiger partial charge >= 0.3 is 5.97 Å². The van der Waals surface area contributed by atoms with Crippen molar-refractivity contribution in [3.63, 3.8) is 0 Å². The molecule has 3 N–H and O–H groups in total. The number of carboxylic acid groups (broad SMARTS) is 1. The van der Waals surface area contributed by atoms with Crippen molar-refractivity contribution < 1.29 is 14.7 Å². The molecule has 0 saturated carbocycles. The fourth-order valence-electron chi connectivity index (χ4n) is 4.38. The molecule has 5 rings (SSSR count). The summed E-state index contributed by atoms with van der Waals surface area (Å²) in [4.78, 5) is 33.1. The molecule has 2 heterocycles. The van der Waals surface area contributed by atoms with Gasteiger partial charge in [0.05, 0.1) is 5.69 Å². The Labute approximate surface area is 232 Å². The van der Waals surface area contributed by atoms with Gasteiger partial charge in [0, 0.05) is 47.5 Å². The number of hydrogen-bond donors (Lipinski definition) is 3. The molecule has 1 amide bonds. The molecule has 0 bridgehead atoms. The lowest BCUT2D eigenvalue weighted by Gasteiger charge is -2.19. The highest BCUT2D eigenvalue weighted by atomic mass is 16.4. The quantitative estimate of drug-likeness (QED) is 0.205. The summed E-state index contributed by atoms with van der Waals surface area (Å²) in [5, 5.41) is 15.3. The highest BCUT2D eigenvalue weighted by molar-refractivity contribution is 6.04. The summed E-state index contributed by atoms with van der Waals surface area (Å²) in [5.74, 6) is -0.415. The van der Waals surface area contributed by atoms with Crippen LogP contribution < -0.4 is 10.6 Å². The van der Waals surface area contributed by atoms with Gasteiger partial charge in [0.15, 0.2) is 11.5 Å². The lowest BCUT2D eigenvalue weighted by molar-refractivity contribution is -0.136. The van der Waals surface area contributed by atoms with E-state index in [1.807, 2.05) is 89.6 Å². The third-order valence-corrected chi connectivity index (χ3v) is 6.65. The SMILES string of the molecule is CC(C)(C)c1ccc(C(=O)Nc2cccc(-c3cn4ccnc4c(Nc4ccc(CCC(=O)O)cc4)n3)c2)cc1. The van der Waals surface area contributed by atoms with Crippen LogP contribution in [0.4, 0.5) is 17.2 Å². The number of rotatable bonds is 8. The first-order valence-electron chi connectivity index (χ1n) is 13.1. The van der Waals surface area contributed by atoms with Crippen LogP contribution in [-0.2, 0) is 16.6 Å². The Morgan fingerprint density at radius 1 is 0.950 bits per heavy atom. The molecule has 2 aromatic heterocycles. The van der Waals surface area contributed by atoms with Crippen molar-refractivity contribution in [3.05, 3.63) is 108 Å². The Bertz CT molecular complexity index is 1670. The summed E-state index contributed by atoms with van der Waals surface area (Å²) in [6.07, 6.45) is 6.03. The lowest BCUT2D eigenvalue weighted by atomic mass is 9.87. The van der Waals surface area contributed by atoms with Crippen LogP contribution in [0.3, 0.4) is 0 Å². The van der Waals surface area contributed by atoms with Crippen molar-refractivity contribution in [1.82, 2.24) is 14.4 Å². The molecule has 8 nitrogen and oxygen atoms in total. The summed E-state index contributed by atoms with van der Waals surface area (Å²) in [5.41, 5.74) is 6.42. The summed E-state index contributed by atoms with van der Waals surface area (Å²) >= 11 is 0. The predicted octanol–water partition coefficient (Wildman–Crippen LogP) is 6.71. The first kappa shape index (κ1) is 26.6. The second kappa shape index (κ2) is 11.0. The van der Waals surface area contributed by atoms with E-state index in [1.54, 1.807) is 6.20 Å². The molecule has 5 aromatic rings. The van der Waals surface area contributed by atoms with Crippen LogP contribution in [0.1, 0.15) is 48.7 Å². The monoisotopic (exact) mass is 533 g/mol. The van der Waals surface area contributed by atoms with Crippen LogP contribution in [0, 0.1) is 0 Å². The van der Waals surface area contributed by atoms with E-state index in [2.05, 4.69) is 36.4 Å². The van der Waals surface area contributed by atoms with Crippen molar-refractivity contribution in [2.45, 2.75) is 39.0 Å². The summed E-state index contributed by atoms with van der Waals surface area (Å²) < 4.78 is 1.90. The zero-order chi connectivity index (χ0) is 28.3. The number of hydrogen-bond acceptors (Lipinski definition) is 5. The minimum absolute atomic E-state index is 0.0196. The molecule has 8 heteroatoms. The molecular weight excluding hydrogens is 502 g/mol. The largest absolute Gasteiger partial charge is 0.481 e. The van der Waals surface area contributed by atoms with Crippen LogP contribution >= 0.6 is 0 Å². The van der Waals surface area contributed by atoms with Crippen molar-refractivity contribution in [3.8, 4) is 11.3 Å². The second-order valence-electron chi connectivity index (χ2n) is 10.7. The van der Waals surface area contributed by atoms with Gasteiger partial charge in [0.25, 0.3) is 5.91 Å². The van der Waals surface area contributed by atoms with E-state index in [-0.39, 0.29) is 17.7 Å². The number of carboxylic acids is 1. The Morgan fingerprint density at radius 2 is 1.70 bits per heavy atom. The molecule has 0 unspecified atom stereocenters. The van der Waals surface area contributed by atoms with E-state index >= 15 is 0 Å².